The van der Waals surface area contributed by atoms with Gasteiger partial charge in [-0.3, -0.25) is 4.79 Å². The maximum Gasteiger partial charge on any atom is 0.251 e. The second-order valence-electron chi connectivity index (χ2n) is 6.51. The molecule has 0 radical (unpaired) electrons. The number of amides is 1. The van der Waals surface area contributed by atoms with Gasteiger partial charge in [0.1, 0.15) is 0 Å². The third-order valence-corrected chi connectivity index (χ3v) is 5.89. The number of ether oxygens (including phenoxy) is 1. The van der Waals surface area contributed by atoms with Gasteiger partial charge < -0.3 is 10.1 Å². The first-order chi connectivity index (χ1) is 13.3. The highest BCUT2D eigenvalue weighted by Crippen LogP contribution is 2.17. The van der Waals surface area contributed by atoms with Gasteiger partial charge in [0.15, 0.2) is 0 Å². The first kappa shape index (κ1) is 22.1. The minimum Gasteiger partial charge on any atom is -0.374 e. The summed E-state index contributed by atoms with van der Waals surface area (Å²) in [4.78, 5) is 12.5. The van der Waals surface area contributed by atoms with Crippen molar-refractivity contribution in [2.24, 2.45) is 0 Å². The molecule has 0 heterocycles. The van der Waals surface area contributed by atoms with E-state index in [0.717, 1.165) is 11.1 Å². The van der Waals surface area contributed by atoms with E-state index < -0.39 is 10.0 Å². The van der Waals surface area contributed by atoms with Crippen LogP contribution in [0.4, 0.5) is 0 Å². The number of hydrogen-bond acceptors (Lipinski definition) is 4. The lowest BCUT2D eigenvalue weighted by molar-refractivity contribution is 0.0635. The topological polar surface area (TPSA) is 84.5 Å². The van der Waals surface area contributed by atoms with Gasteiger partial charge in [-0.15, -0.1) is 0 Å². The molecule has 0 unspecified atom stereocenters. The molecule has 2 aromatic rings. The molecule has 7 heteroatoms. The molecular formula is C21H28N2O4S. The second kappa shape index (κ2) is 10.4. The number of sulfonamides is 1. The van der Waals surface area contributed by atoms with Gasteiger partial charge >= 0.3 is 0 Å². The van der Waals surface area contributed by atoms with Crippen LogP contribution < -0.4 is 10.0 Å². The van der Waals surface area contributed by atoms with Crippen LogP contribution in [0.1, 0.15) is 47.9 Å². The summed E-state index contributed by atoms with van der Waals surface area (Å²) < 4.78 is 32.5. The number of nitrogens with one attached hydrogen (secondary N) is 2. The molecule has 2 rings (SSSR count). The summed E-state index contributed by atoms with van der Waals surface area (Å²) in [6.45, 7) is 6.74. The van der Waals surface area contributed by atoms with E-state index in [1.165, 1.54) is 12.1 Å². The van der Waals surface area contributed by atoms with Crippen LogP contribution in [0.2, 0.25) is 0 Å². The number of carbonyl (C=O) groups excluding carboxylic acids is 1. The van der Waals surface area contributed by atoms with Gasteiger partial charge in [-0.2, -0.15) is 0 Å². The Balaban J connectivity index is 1.86. The number of carbonyl (C=O) groups is 1. The van der Waals surface area contributed by atoms with Crippen molar-refractivity contribution in [2.45, 2.75) is 38.2 Å². The van der Waals surface area contributed by atoms with Crippen LogP contribution in [0.25, 0.3) is 0 Å². The summed E-state index contributed by atoms with van der Waals surface area (Å²) in [7, 11) is -3.60. The van der Waals surface area contributed by atoms with Crippen LogP contribution in [0.3, 0.4) is 0 Å². The third kappa shape index (κ3) is 6.15. The van der Waals surface area contributed by atoms with E-state index in [9.17, 15) is 13.2 Å². The van der Waals surface area contributed by atoms with Gasteiger partial charge in [0.05, 0.1) is 11.0 Å². The Morgan fingerprint density at radius 1 is 1.14 bits per heavy atom. The van der Waals surface area contributed by atoms with E-state index in [-0.39, 0.29) is 16.9 Å². The first-order valence-corrected chi connectivity index (χ1v) is 10.9. The maximum atomic E-state index is 12.5. The predicted octanol–water partition coefficient (Wildman–Crippen LogP) is 3.19. The van der Waals surface area contributed by atoms with Gasteiger partial charge in [-0.05, 0) is 43.5 Å². The van der Waals surface area contributed by atoms with Gasteiger partial charge in [0.2, 0.25) is 10.0 Å². The van der Waals surface area contributed by atoms with Crippen LogP contribution in [0.5, 0.6) is 0 Å². The molecule has 0 aromatic heterocycles. The van der Waals surface area contributed by atoms with Crippen LogP contribution in [-0.4, -0.2) is 34.0 Å². The van der Waals surface area contributed by atoms with E-state index in [4.69, 9.17) is 4.74 Å². The molecule has 152 valence electrons. The fraction of sp³-hybridized carbons (Fsp3) is 0.381. The Hall–Kier alpha value is -2.22. The van der Waals surface area contributed by atoms with Gasteiger partial charge in [-0.25, -0.2) is 13.1 Å². The molecule has 1 amide bonds. The van der Waals surface area contributed by atoms with Crippen molar-refractivity contribution in [1.82, 2.24) is 10.0 Å². The molecule has 0 aliphatic rings. The average Bonchev–Trinajstić information content (AvgIpc) is 2.68. The quantitative estimate of drug-likeness (QED) is 0.596. The summed E-state index contributed by atoms with van der Waals surface area (Å²) in [5, 5.41) is 2.83. The highest BCUT2D eigenvalue weighted by molar-refractivity contribution is 7.89. The van der Waals surface area contributed by atoms with E-state index in [2.05, 4.69) is 10.0 Å². The van der Waals surface area contributed by atoms with Crippen LogP contribution in [-0.2, 0) is 14.8 Å². The molecule has 6 nitrogen and oxygen atoms in total. The average molecular weight is 405 g/mol. The fourth-order valence-corrected chi connectivity index (χ4v) is 3.80. The lowest BCUT2D eigenvalue weighted by atomic mass is 10.1. The van der Waals surface area contributed by atoms with Crippen LogP contribution in [0, 0.1) is 6.92 Å². The number of rotatable bonds is 10. The molecule has 2 aromatic carbocycles. The van der Waals surface area contributed by atoms with Crippen molar-refractivity contribution >= 4 is 15.9 Å². The smallest absolute Gasteiger partial charge is 0.251 e. The van der Waals surface area contributed by atoms with Crippen molar-refractivity contribution in [3.05, 3.63) is 65.2 Å². The van der Waals surface area contributed by atoms with E-state index >= 15 is 0 Å². The number of aryl methyl sites for hydroxylation is 1. The molecule has 0 spiro atoms. The molecule has 0 saturated heterocycles. The maximum absolute atomic E-state index is 12.5. The van der Waals surface area contributed by atoms with Crippen molar-refractivity contribution in [3.63, 3.8) is 0 Å². The summed E-state index contributed by atoms with van der Waals surface area (Å²) in [6, 6.07) is 14.5. The monoisotopic (exact) mass is 404 g/mol. The Morgan fingerprint density at radius 2 is 1.86 bits per heavy atom. The summed E-state index contributed by atoms with van der Waals surface area (Å²) in [6.07, 6.45) is 0.657. The molecule has 28 heavy (non-hydrogen) atoms. The number of hydrogen-bond donors (Lipinski definition) is 2. The Labute approximate surface area is 167 Å². The fourth-order valence-electron chi connectivity index (χ4n) is 2.74. The van der Waals surface area contributed by atoms with Gasteiger partial charge in [0.25, 0.3) is 5.91 Å². The molecule has 2 N–H and O–H groups in total. The van der Waals surface area contributed by atoms with Crippen LogP contribution in [0.15, 0.2) is 53.4 Å². The molecule has 0 bridgehead atoms. The molecule has 0 fully saturated rings. The Kier molecular flexibility index (Phi) is 8.17. The summed E-state index contributed by atoms with van der Waals surface area (Å²) in [5.41, 5.74) is 2.19. The second-order valence-corrected chi connectivity index (χ2v) is 8.28. The van der Waals surface area contributed by atoms with Crippen LogP contribution >= 0.6 is 0 Å². The van der Waals surface area contributed by atoms with Crippen molar-refractivity contribution in [2.75, 3.05) is 19.7 Å². The van der Waals surface area contributed by atoms with Crippen molar-refractivity contribution in [1.29, 1.82) is 0 Å². The Morgan fingerprint density at radius 3 is 2.54 bits per heavy atom. The molecule has 0 aliphatic heterocycles. The third-order valence-electron chi connectivity index (χ3n) is 4.34. The standard InChI is InChI=1S/C21H28N2O4S/c1-4-23-28(25,26)19-12-11-16(2)20(15-19)21(24)22-13-8-14-27-17(3)18-9-6-5-7-10-18/h5-7,9-12,15,17,23H,4,8,13-14H2,1-3H3,(H,22,24)/t17-/m1/s1. The molecular weight excluding hydrogens is 376 g/mol. The lowest BCUT2D eigenvalue weighted by Crippen LogP contribution is -2.27. The zero-order valence-corrected chi connectivity index (χ0v) is 17.4. The Bertz CT molecular complexity index is 883. The zero-order chi connectivity index (χ0) is 20.6. The molecule has 0 saturated carbocycles. The summed E-state index contributed by atoms with van der Waals surface area (Å²) in [5.74, 6) is -0.290. The minimum atomic E-state index is -3.60. The van der Waals surface area contributed by atoms with Crippen molar-refractivity contribution in [3.8, 4) is 0 Å². The minimum absolute atomic E-state index is 0.00732. The number of benzene rings is 2. The highest BCUT2D eigenvalue weighted by Gasteiger charge is 2.17. The van der Waals surface area contributed by atoms with Crippen molar-refractivity contribution < 1.29 is 17.9 Å². The largest absolute Gasteiger partial charge is 0.374 e. The molecule has 0 aliphatic carbocycles. The highest BCUT2D eigenvalue weighted by atomic mass is 32.2. The molecule has 1 atom stereocenters. The van der Waals surface area contributed by atoms with E-state index in [1.807, 2.05) is 37.3 Å². The lowest BCUT2D eigenvalue weighted by Gasteiger charge is -2.14. The predicted molar refractivity (Wildman–Crippen MR) is 110 cm³/mol. The van der Waals surface area contributed by atoms with Gasteiger partial charge in [-0.1, -0.05) is 43.3 Å². The SMILES string of the molecule is CCNS(=O)(=O)c1ccc(C)c(C(=O)NCCCO[C@H](C)c2ccccc2)c1. The zero-order valence-electron chi connectivity index (χ0n) is 16.6. The van der Waals surface area contributed by atoms with E-state index in [1.54, 1.807) is 19.9 Å². The normalized spacial score (nSPS) is 12.5. The van der Waals surface area contributed by atoms with Gasteiger partial charge in [0, 0.05) is 25.3 Å². The first-order valence-electron chi connectivity index (χ1n) is 9.40. The summed E-state index contributed by atoms with van der Waals surface area (Å²) >= 11 is 0. The van der Waals surface area contributed by atoms with E-state index in [0.29, 0.717) is 31.7 Å².